The van der Waals surface area contributed by atoms with Crippen molar-refractivity contribution in [3.05, 3.63) is 40.2 Å². The molecule has 3 rings (SSSR count). The SMILES string of the molecule is CC(C1CC1)n1cc(C=O)c(-c2ccc(F)cc2Br)n1. The molecule has 1 aromatic heterocycles. The summed E-state index contributed by atoms with van der Waals surface area (Å²) >= 11 is 3.33. The van der Waals surface area contributed by atoms with Crippen molar-refractivity contribution in [2.75, 3.05) is 0 Å². The second kappa shape index (κ2) is 5.13. The minimum absolute atomic E-state index is 0.293. The third-order valence-corrected chi connectivity index (χ3v) is 4.45. The van der Waals surface area contributed by atoms with Crippen LogP contribution >= 0.6 is 15.9 Å². The molecule has 0 amide bonds. The van der Waals surface area contributed by atoms with E-state index in [1.807, 2.05) is 4.68 Å². The molecule has 1 aliphatic rings. The molecule has 1 saturated carbocycles. The van der Waals surface area contributed by atoms with Crippen molar-refractivity contribution in [2.45, 2.75) is 25.8 Å². The van der Waals surface area contributed by atoms with Gasteiger partial charge in [-0.2, -0.15) is 5.10 Å². The Morgan fingerprint density at radius 3 is 2.85 bits per heavy atom. The van der Waals surface area contributed by atoms with Crippen LogP contribution in [0.1, 0.15) is 36.2 Å². The number of carbonyl (C=O) groups excluding carboxylic acids is 1. The van der Waals surface area contributed by atoms with Gasteiger partial charge in [0.05, 0.1) is 11.6 Å². The van der Waals surface area contributed by atoms with Crippen LogP contribution in [-0.4, -0.2) is 16.1 Å². The lowest BCUT2D eigenvalue weighted by Gasteiger charge is -2.10. The van der Waals surface area contributed by atoms with Crippen molar-refractivity contribution >= 4 is 22.2 Å². The quantitative estimate of drug-likeness (QED) is 0.783. The molecule has 0 bridgehead atoms. The molecule has 0 radical (unpaired) electrons. The molecule has 1 aliphatic carbocycles. The number of carbonyl (C=O) groups is 1. The predicted molar refractivity (Wildman–Crippen MR) is 78.1 cm³/mol. The van der Waals surface area contributed by atoms with Gasteiger partial charge in [-0.05, 0) is 59.8 Å². The number of rotatable bonds is 4. The third kappa shape index (κ3) is 2.42. The van der Waals surface area contributed by atoms with Crippen LogP contribution in [0.4, 0.5) is 4.39 Å². The van der Waals surface area contributed by atoms with Gasteiger partial charge in [0, 0.05) is 16.2 Å². The molecular weight excluding hydrogens is 323 g/mol. The Morgan fingerprint density at radius 2 is 2.25 bits per heavy atom. The number of nitrogens with zero attached hydrogens (tertiary/aromatic N) is 2. The Bertz CT molecular complexity index is 664. The first-order valence-electron chi connectivity index (χ1n) is 6.60. The Morgan fingerprint density at radius 1 is 1.50 bits per heavy atom. The minimum atomic E-state index is -0.320. The average molecular weight is 337 g/mol. The van der Waals surface area contributed by atoms with E-state index < -0.39 is 0 Å². The molecule has 0 saturated heterocycles. The first-order valence-corrected chi connectivity index (χ1v) is 7.39. The van der Waals surface area contributed by atoms with E-state index in [9.17, 15) is 9.18 Å². The molecule has 2 aromatic rings. The Kier molecular flexibility index (Phi) is 3.46. The van der Waals surface area contributed by atoms with Gasteiger partial charge in [-0.3, -0.25) is 9.48 Å². The van der Waals surface area contributed by atoms with Gasteiger partial charge in [0.25, 0.3) is 0 Å². The molecule has 1 atom stereocenters. The molecule has 104 valence electrons. The molecule has 1 heterocycles. The van der Waals surface area contributed by atoms with E-state index in [1.54, 1.807) is 12.3 Å². The fourth-order valence-corrected chi connectivity index (χ4v) is 2.92. The largest absolute Gasteiger partial charge is 0.298 e. The minimum Gasteiger partial charge on any atom is -0.298 e. The highest BCUT2D eigenvalue weighted by atomic mass is 79.9. The van der Waals surface area contributed by atoms with E-state index >= 15 is 0 Å². The fourth-order valence-electron chi connectivity index (χ4n) is 2.39. The van der Waals surface area contributed by atoms with Crippen LogP contribution in [0.25, 0.3) is 11.3 Å². The van der Waals surface area contributed by atoms with Crippen molar-refractivity contribution in [3.63, 3.8) is 0 Å². The topological polar surface area (TPSA) is 34.9 Å². The number of halogens is 2. The van der Waals surface area contributed by atoms with Gasteiger partial charge in [-0.1, -0.05) is 0 Å². The summed E-state index contributed by atoms with van der Waals surface area (Å²) in [5.41, 5.74) is 1.86. The molecule has 0 spiro atoms. The van der Waals surface area contributed by atoms with Crippen molar-refractivity contribution in [3.8, 4) is 11.3 Å². The Balaban J connectivity index is 2.05. The van der Waals surface area contributed by atoms with Crippen molar-refractivity contribution in [1.82, 2.24) is 9.78 Å². The number of aldehydes is 1. The van der Waals surface area contributed by atoms with Crippen molar-refractivity contribution < 1.29 is 9.18 Å². The third-order valence-electron chi connectivity index (χ3n) is 3.79. The van der Waals surface area contributed by atoms with Gasteiger partial charge in [0.2, 0.25) is 0 Å². The highest BCUT2D eigenvalue weighted by Crippen LogP contribution is 2.40. The van der Waals surface area contributed by atoms with Crippen LogP contribution in [0.5, 0.6) is 0 Å². The first kappa shape index (κ1) is 13.5. The molecule has 0 N–H and O–H groups in total. The highest BCUT2D eigenvalue weighted by molar-refractivity contribution is 9.10. The number of aromatic nitrogens is 2. The lowest BCUT2D eigenvalue weighted by atomic mass is 10.1. The van der Waals surface area contributed by atoms with Crippen LogP contribution < -0.4 is 0 Å². The molecule has 1 fully saturated rings. The Hall–Kier alpha value is -1.49. The van der Waals surface area contributed by atoms with Gasteiger partial charge in [0.1, 0.15) is 11.5 Å². The zero-order valence-electron chi connectivity index (χ0n) is 11.0. The van der Waals surface area contributed by atoms with Crippen molar-refractivity contribution in [1.29, 1.82) is 0 Å². The second-order valence-electron chi connectivity index (χ2n) is 5.23. The van der Waals surface area contributed by atoms with E-state index in [4.69, 9.17) is 0 Å². The first-order chi connectivity index (χ1) is 9.60. The standard InChI is InChI=1S/C15H14BrFN2O/c1-9(10-2-3-10)19-7-11(8-20)15(18-19)13-5-4-12(17)6-14(13)16/h4-10H,2-3H2,1H3. The van der Waals surface area contributed by atoms with Crippen LogP contribution in [0.3, 0.4) is 0 Å². The number of hydrogen-bond acceptors (Lipinski definition) is 2. The van der Waals surface area contributed by atoms with E-state index in [0.717, 1.165) is 11.8 Å². The van der Waals surface area contributed by atoms with Crippen LogP contribution in [0, 0.1) is 11.7 Å². The Labute approximate surface area is 124 Å². The van der Waals surface area contributed by atoms with E-state index in [1.165, 1.54) is 25.0 Å². The van der Waals surface area contributed by atoms with Gasteiger partial charge < -0.3 is 0 Å². The zero-order chi connectivity index (χ0) is 14.3. The lowest BCUT2D eigenvalue weighted by Crippen LogP contribution is -2.07. The van der Waals surface area contributed by atoms with Crippen LogP contribution in [0.2, 0.25) is 0 Å². The molecular formula is C15H14BrFN2O. The lowest BCUT2D eigenvalue weighted by molar-refractivity contribution is 0.112. The van der Waals surface area contributed by atoms with E-state index in [0.29, 0.717) is 27.7 Å². The summed E-state index contributed by atoms with van der Waals surface area (Å²) in [4.78, 5) is 11.3. The normalized spacial score (nSPS) is 16.1. The van der Waals surface area contributed by atoms with Gasteiger partial charge in [-0.15, -0.1) is 0 Å². The summed E-state index contributed by atoms with van der Waals surface area (Å²) < 4.78 is 15.6. The highest BCUT2D eigenvalue weighted by Gasteiger charge is 2.30. The molecule has 1 aromatic carbocycles. The maximum absolute atomic E-state index is 13.2. The van der Waals surface area contributed by atoms with E-state index in [2.05, 4.69) is 28.0 Å². The van der Waals surface area contributed by atoms with Gasteiger partial charge >= 0.3 is 0 Å². The fraction of sp³-hybridized carbons (Fsp3) is 0.333. The van der Waals surface area contributed by atoms with Crippen LogP contribution in [-0.2, 0) is 0 Å². The summed E-state index contributed by atoms with van der Waals surface area (Å²) in [6.45, 7) is 2.11. The zero-order valence-corrected chi connectivity index (χ0v) is 12.6. The summed E-state index contributed by atoms with van der Waals surface area (Å²) in [5, 5.41) is 4.54. The maximum Gasteiger partial charge on any atom is 0.153 e. The molecule has 1 unspecified atom stereocenters. The predicted octanol–water partition coefficient (Wildman–Crippen LogP) is 4.24. The monoisotopic (exact) mass is 336 g/mol. The number of benzene rings is 1. The summed E-state index contributed by atoms with van der Waals surface area (Å²) in [5.74, 6) is 0.331. The smallest absolute Gasteiger partial charge is 0.153 e. The summed E-state index contributed by atoms with van der Waals surface area (Å²) in [6.07, 6.45) is 5.01. The van der Waals surface area contributed by atoms with E-state index in [-0.39, 0.29) is 5.82 Å². The molecule has 3 nitrogen and oxygen atoms in total. The molecule has 0 aliphatic heterocycles. The summed E-state index contributed by atoms with van der Waals surface area (Å²) in [6, 6.07) is 4.69. The van der Waals surface area contributed by atoms with Crippen LogP contribution in [0.15, 0.2) is 28.9 Å². The summed E-state index contributed by atoms with van der Waals surface area (Å²) in [7, 11) is 0. The van der Waals surface area contributed by atoms with Gasteiger partial charge in [-0.25, -0.2) is 4.39 Å². The molecule has 20 heavy (non-hydrogen) atoms. The molecule has 5 heteroatoms. The van der Waals surface area contributed by atoms with Gasteiger partial charge in [0.15, 0.2) is 6.29 Å². The average Bonchev–Trinajstić information content (AvgIpc) is 3.18. The second-order valence-corrected chi connectivity index (χ2v) is 6.09. The number of hydrogen-bond donors (Lipinski definition) is 0. The maximum atomic E-state index is 13.2. The van der Waals surface area contributed by atoms with Crippen molar-refractivity contribution in [2.24, 2.45) is 5.92 Å².